The highest BCUT2D eigenvalue weighted by Gasteiger charge is 2.28. The van der Waals surface area contributed by atoms with E-state index in [4.69, 9.17) is 0 Å². The first-order chi connectivity index (χ1) is 11.0. The fraction of sp³-hybridized carbons (Fsp3) is 0.357. The standard InChI is InChI=1S/C14H16N4O3S2/c19-13(16-11-6-7-23(20,21)9-11)8-22-14-17-15-10-18(14)12-4-2-1-3-5-12/h1-5,10-11H,6-9H2,(H,16,19). The quantitative estimate of drug-likeness (QED) is 0.795. The van der Waals surface area contributed by atoms with E-state index in [-0.39, 0.29) is 29.2 Å². The van der Waals surface area contributed by atoms with Crippen molar-refractivity contribution in [2.24, 2.45) is 0 Å². The van der Waals surface area contributed by atoms with Gasteiger partial charge in [0.05, 0.1) is 17.3 Å². The molecule has 1 aromatic carbocycles. The molecule has 2 heterocycles. The number of thioether (sulfide) groups is 1. The lowest BCUT2D eigenvalue weighted by atomic mass is 10.3. The van der Waals surface area contributed by atoms with Crippen molar-refractivity contribution in [3.8, 4) is 5.69 Å². The van der Waals surface area contributed by atoms with Crippen molar-refractivity contribution in [2.45, 2.75) is 17.6 Å². The van der Waals surface area contributed by atoms with Crippen molar-refractivity contribution in [3.63, 3.8) is 0 Å². The van der Waals surface area contributed by atoms with Crippen molar-refractivity contribution in [1.82, 2.24) is 20.1 Å². The Morgan fingerprint density at radius 2 is 2.13 bits per heavy atom. The molecule has 122 valence electrons. The van der Waals surface area contributed by atoms with Gasteiger partial charge in [-0.2, -0.15) is 0 Å². The van der Waals surface area contributed by atoms with Gasteiger partial charge in [-0.1, -0.05) is 30.0 Å². The third-order valence-corrected chi connectivity index (χ3v) is 6.19. The van der Waals surface area contributed by atoms with E-state index in [1.807, 2.05) is 30.3 Å². The summed E-state index contributed by atoms with van der Waals surface area (Å²) >= 11 is 1.27. The number of carbonyl (C=O) groups is 1. The Balaban J connectivity index is 1.57. The topological polar surface area (TPSA) is 93.9 Å². The van der Waals surface area contributed by atoms with Crippen LogP contribution in [0.2, 0.25) is 0 Å². The first-order valence-electron chi connectivity index (χ1n) is 7.11. The minimum atomic E-state index is -2.99. The summed E-state index contributed by atoms with van der Waals surface area (Å²) in [4.78, 5) is 12.0. The van der Waals surface area contributed by atoms with Gasteiger partial charge < -0.3 is 5.32 Å². The van der Waals surface area contributed by atoms with Crippen LogP contribution in [0.1, 0.15) is 6.42 Å². The zero-order valence-corrected chi connectivity index (χ0v) is 13.9. The number of amides is 1. The molecule has 23 heavy (non-hydrogen) atoms. The molecule has 1 aliphatic heterocycles. The molecule has 1 N–H and O–H groups in total. The van der Waals surface area contributed by atoms with E-state index in [1.54, 1.807) is 10.9 Å². The average molecular weight is 352 g/mol. The number of nitrogens with one attached hydrogen (secondary N) is 1. The summed E-state index contributed by atoms with van der Waals surface area (Å²) in [6.45, 7) is 0. The molecule has 0 saturated carbocycles. The summed E-state index contributed by atoms with van der Waals surface area (Å²) in [5.41, 5.74) is 0.919. The van der Waals surface area contributed by atoms with Crippen molar-refractivity contribution >= 4 is 27.5 Å². The van der Waals surface area contributed by atoms with Gasteiger partial charge in [0, 0.05) is 11.7 Å². The molecule has 0 radical (unpaired) electrons. The molecular weight excluding hydrogens is 336 g/mol. The SMILES string of the molecule is O=C(CSc1nncn1-c1ccccc1)NC1CCS(=O)(=O)C1. The Hall–Kier alpha value is -1.87. The van der Waals surface area contributed by atoms with Crippen molar-refractivity contribution in [2.75, 3.05) is 17.3 Å². The molecule has 0 aliphatic carbocycles. The lowest BCUT2D eigenvalue weighted by molar-refractivity contribution is -0.119. The molecule has 3 rings (SSSR count). The van der Waals surface area contributed by atoms with Crippen LogP contribution in [0.4, 0.5) is 0 Å². The minimum Gasteiger partial charge on any atom is -0.352 e. The smallest absolute Gasteiger partial charge is 0.230 e. The van der Waals surface area contributed by atoms with Gasteiger partial charge in [-0.25, -0.2) is 8.42 Å². The van der Waals surface area contributed by atoms with Gasteiger partial charge in [-0.3, -0.25) is 9.36 Å². The van der Waals surface area contributed by atoms with Crippen LogP contribution in [0.5, 0.6) is 0 Å². The van der Waals surface area contributed by atoms with Crippen LogP contribution >= 0.6 is 11.8 Å². The number of para-hydroxylation sites is 1. The van der Waals surface area contributed by atoms with Gasteiger partial charge in [0.1, 0.15) is 6.33 Å². The summed E-state index contributed by atoms with van der Waals surface area (Å²) in [7, 11) is -2.99. The number of nitrogens with zero attached hydrogens (tertiary/aromatic N) is 3. The maximum Gasteiger partial charge on any atom is 0.230 e. The van der Waals surface area contributed by atoms with Gasteiger partial charge in [0.15, 0.2) is 15.0 Å². The molecule has 9 heteroatoms. The lowest BCUT2D eigenvalue weighted by Gasteiger charge is -2.10. The largest absolute Gasteiger partial charge is 0.352 e. The number of carbonyl (C=O) groups excluding carboxylic acids is 1. The zero-order valence-electron chi connectivity index (χ0n) is 12.3. The zero-order chi connectivity index (χ0) is 16.3. The number of rotatable bonds is 5. The molecule has 2 aromatic rings. The van der Waals surface area contributed by atoms with E-state index in [2.05, 4.69) is 15.5 Å². The third-order valence-electron chi connectivity index (χ3n) is 3.48. The second-order valence-corrected chi connectivity index (χ2v) is 8.45. The average Bonchev–Trinajstić information content (AvgIpc) is 3.12. The molecule has 1 saturated heterocycles. The number of hydrogen-bond donors (Lipinski definition) is 1. The van der Waals surface area contributed by atoms with Crippen molar-refractivity contribution in [1.29, 1.82) is 0 Å². The van der Waals surface area contributed by atoms with Crippen LogP contribution in [0.3, 0.4) is 0 Å². The van der Waals surface area contributed by atoms with Crippen LogP contribution in [0.25, 0.3) is 5.69 Å². The molecule has 1 amide bonds. The van der Waals surface area contributed by atoms with E-state index < -0.39 is 9.84 Å². The molecule has 1 aromatic heterocycles. The van der Waals surface area contributed by atoms with E-state index in [1.165, 1.54) is 11.8 Å². The summed E-state index contributed by atoms with van der Waals surface area (Å²) < 4.78 is 24.6. The fourth-order valence-corrected chi connectivity index (χ4v) is 4.81. The first kappa shape index (κ1) is 16.0. The third kappa shape index (κ3) is 4.11. The summed E-state index contributed by atoms with van der Waals surface area (Å²) in [5, 5.41) is 11.3. The van der Waals surface area contributed by atoms with Crippen LogP contribution in [0.15, 0.2) is 41.8 Å². The molecule has 0 spiro atoms. The predicted octanol–water partition coefficient (Wildman–Crippen LogP) is 0.663. The number of aromatic nitrogens is 3. The summed E-state index contributed by atoms with van der Waals surface area (Å²) in [5.74, 6) is 0.152. The van der Waals surface area contributed by atoms with Crippen LogP contribution in [-0.2, 0) is 14.6 Å². The molecule has 1 unspecified atom stereocenters. The van der Waals surface area contributed by atoms with Crippen LogP contribution in [0, 0.1) is 0 Å². The molecule has 1 aliphatic rings. The van der Waals surface area contributed by atoms with Gasteiger partial charge in [-0.15, -0.1) is 10.2 Å². The lowest BCUT2D eigenvalue weighted by Crippen LogP contribution is -2.36. The number of benzene rings is 1. The van der Waals surface area contributed by atoms with Crippen LogP contribution < -0.4 is 5.32 Å². The maximum atomic E-state index is 12.0. The Morgan fingerprint density at radius 1 is 1.35 bits per heavy atom. The Morgan fingerprint density at radius 3 is 2.83 bits per heavy atom. The second kappa shape index (κ2) is 6.71. The molecular formula is C14H16N4O3S2. The highest BCUT2D eigenvalue weighted by molar-refractivity contribution is 7.99. The van der Waals surface area contributed by atoms with Gasteiger partial charge in [-0.05, 0) is 18.6 Å². The normalized spacial score (nSPS) is 19.6. The Bertz CT molecular complexity index is 789. The highest BCUT2D eigenvalue weighted by atomic mass is 32.2. The monoisotopic (exact) mass is 352 g/mol. The van der Waals surface area contributed by atoms with E-state index in [9.17, 15) is 13.2 Å². The van der Waals surface area contributed by atoms with Gasteiger partial charge in [0.25, 0.3) is 0 Å². The summed E-state index contributed by atoms with van der Waals surface area (Å²) in [6.07, 6.45) is 2.08. The first-order valence-corrected chi connectivity index (χ1v) is 9.92. The van der Waals surface area contributed by atoms with Gasteiger partial charge in [0.2, 0.25) is 5.91 Å². The Kier molecular flexibility index (Phi) is 4.67. The van der Waals surface area contributed by atoms with Crippen molar-refractivity contribution < 1.29 is 13.2 Å². The minimum absolute atomic E-state index is 0.0314. The molecule has 1 atom stereocenters. The maximum absolute atomic E-state index is 12.0. The van der Waals surface area contributed by atoms with E-state index in [0.29, 0.717) is 11.6 Å². The molecule has 0 bridgehead atoms. The predicted molar refractivity (Wildman–Crippen MR) is 87.3 cm³/mol. The number of hydrogen-bond acceptors (Lipinski definition) is 6. The van der Waals surface area contributed by atoms with Crippen molar-refractivity contribution in [3.05, 3.63) is 36.7 Å². The molecule has 7 nitrogen and oxygen atoms in total. The Labute approximate surface area is 138 Å². The fourth-order valence-electron chi connectivity index (χ4n) is 2.40. The number of sulfone groups is 1. The summed E-state index contributed by atoms with van der Waals surface area (Å²) in [6, 6.07) is 9.33. The van der Waals surface area contributed by atoms with E-state index >= 15 is 0 Å². The highest BCUT2D eigenvalue weighted by Crippen LogP contribution is 2.19. The molecule has 1 fully saturated rings. The second-order valence-electron chi connectivity index (χ2n) is 5.28. The van der Waals surface area contributed by atoms with E-state index in [0.717, 1.165) is 5.69 Å². The van der Waals surface area contributed by atoms with Crippen LogP contribution in [-0.4, -0.2) is 52.4 Å². The van der Waals surface area contributed by atoms with Gasteiger partial charge >= 0.3 is 0 Å².